The molecule has 0 rings (SSSR count). The Morgan fingerprint density at radius 1 is 0.667 bits per heavy atom. The van der Waals surface area contributed by atoms with E-state index in [0.717, 1.165) is 0 Å². The number of hydrogen-bond acceptors (Lipinski definition) is 4. The van der Waals surface area contributed by atoms with Gasteiger partial charge in [-0.05, 0) is 0 Å². The Bertz CT molecular complexity index is 209. The van der Waals surface area contributed by atoms with Crippen molar-refractivity contribution in [3.8, 4) is 0 Å². The molecule has 0 aromatic heterocycles. The highest BCUT2D eigenvalue weighted by Crippen LogP contribution is 1.59. The lowest BCUT2D eigenvalue weighted by Crippen LogP contribution is -1.89. The summed E-state index contributed by atoms with van der Waals surface area (Å²) in [5.74, 6) is 0. The van der Waals surface area contributed by atoms with E-state index < -0.39 is 20.8 Å². The highest BCUT2D eigenvalue weighted by molar-refractivity contribution is 7.80. The van der Waals surface area contributed by atoms with Crippen molar-refractivity contribution in [1.82, 2.24) is 0 Å². The van der Waals surface area contributed by atoms with Gasteiger partial charge in [0.15, 0.2) is 0 Å². The van der Waals surface area contributed by atoms with E-state index in [1.807, 2.05) is 0 Å². The topological polar surface area (TPSA) is 181 Å². The molecule has 6 N–H and O–H groups in total. The predicted octanol–water partition coefficient (Wildman–Crippen LogP) is -3.05. The van der Waals surface area contributed by atoms with Crippen LogP contribution >= 0.6 is 0 Å². The number of rotatable bonds is 0. The van der Waals surface area contributed by atoms with Crippen LogP contribution in [0.1, 0.15) is 0 Å². The van der Waals surface area contributed by atoms with Crippen molar-refractivity contribution < 1.29 is 40.5 Å². The van der Waals surface area contributed by atoms with Crippen LogP contribution < -0.4 is 0 Å². The van der Waals surface area contributed by atoms with Gasteiger partial charge in [-0.3, -0.25) is 18.2 Å². The molecule has 0 saturated heterocycles. The van der Waals surface area contributed by atoms with E-state index in [-0.39, 0.29) is 28.5 Å². The summed E-state index contributed by atoms with van der Waals surface area (Å²) in [6.07, 6.45) is 0. The van der Waals surface area contributed by atoms with Crippen LogP contribution in [-0.2, 0) is 20.8 Å². The second-order valence-corrected chi connectivity index (χ2v) is 2.69. The molecule has 9 nitrogen and oxygen atoms in total. The Balaban J connectivity index is -0.0000000457. The highest BCUT2D eigenvalue weighted by atomic mass is 32.3. The van der Waals surface area contributed by atoms with Crippen molar-refractivity contribution in [1.29, 1.82) is 0 Å². The quantitative estimate of drug-likeness (QED) is 0.254. The van der Waals surface area contributed by atoms with Crippen LogP contribution in [0.3, 0.4) is 0 Å². The molecule has 0 unspecified atom stereocenters. The van der Waals surface area contributed by atoms with Gasteiger partial charge in [0.25, 0.3) is 0 Å². The lowest BCUT2D eigenvalue weighted by molar-refractivity contribution is 0.378. The molecule has 0 spiro atoms. The molecule has 0 heterocycles. The minimum Gasteiger partial charge on any atom is -0.412 e. The van der Waals surface area contributed by atoms with Crippen molar-refractivity contribution in [2.45, 2.75) is 0 Å². The SMILES string of the molecule is O.O=S(=O)(O)O.O=S(=O)(O)O.[MgH2]. The summed E-state index contributed by atoms with van der Waals surface area (Å²) in [5.41, 5.74) is 0. The van der Waals surface area contributed by atoms with Crippen LogP contribution in [0, 0.1) is 0 Å². The third-order valence-corrected chi connectivity index (χ3v) is 0. The standard InChI is InChI=1S/Mg.2H2O4S.H2O.2H/c;2*1-5(2,3)4;;;/h;2*(H2,1,2,3,4);1H2;;. The molecule has 0 saturated carbocycles. The van der Waals surface area contributed by atoms with Crippen molar-refractivity contribution in [2.24, 2.45) is 0 Å². The Morgan fingerprint density at radius 3 is 0.667 bits per heavy atom. The molecule has 0 radical (unpaired) electrons. The average molecular weight is 240 g/mol. The van der Waals surface area contributed by atoms with Gasteiger partial charge < -0.3 is 5.48 Å². The van der Waals surface area contributed by atoms with Crippen LogP contribution in [0.4, 0.5) is 0 Å². The van der Waals surface area contributed by atoms with Gasteiger partial charge in [-0.1, -0.05) is 0 Å². The zero-order chi connectivity index (χ0) is 9.00. The largest absolute Gasteiger partial charge is 0.412 e. The molecule has 76 valence electrons. The summed E-state index contributed by atoms with van der Waals surface area (Å²) in [6, 6.07) is 0. The first kappa shape index (κ1) is 22.9. The summed E-state index contributed by atoms with van der Waals surface area (Å²) >= 11 is 0. The van der Waals surface area contributed by atoms with Gasteiger partial charge >= 0.3 is 43.9 Å². The van der Waals surface area contributed by atoms with Crippen LogP contribution in [0.2, 0.25) is 0 Å². The fraction of sp³-hybridized carbons (Fsp3) is 0. The molecule has 0 amide bonds. The Kier molecular flexibility index (Phi) is 15.4. The fourth-order valence-electron chi connectivity index (χ4n) is 0. The summed E-state index contributed by atoms with van der Waals surface area (Å²) in [4.78, 5) is 0. The van der Waals surface area contributed by atoms with E-state index in [1.165, 1.54) is 0 Å². The first-order valence-electron chi connectivity index (χ1n) is 1.40. The minimum atomic E-state index is -4.67. The molecule has 12 heavy (non-hydrogen) atoms. The van der Waals surface area contributed by atoms with Crippen molar-refractivity contribution in [3.63, 3.8) is 0 Å². The molecule has 0 fully saturated rings. The second kappa shape index (κ2) is 8.08. The third kappa shape index (κ3) is 4310. The maximum Gasteiger partial charge on any atom is 0.394 e. The van der Waals surface area contributed by atoms with E-state index in [2.05, 4.69) is 0 Å². The molecule has 0 aliphatic heterocycles. The number of hydrogen-bond donors (Lipinski definition) is 4. The summed E-state index contributed by atoms with van der Waals surface area (Å²) < 4.78 is 63.2. The molecule has 0 aromatic rings. The van der Waals surface area contributed by atoms with E-state index in [9.17, 15) is 0 Å². The maximum absolute atomic E-state index is 8.74. The maximum atomic E-state index is 8.74. The third-order valence-electron chi connectivity index (χ3n) is 0. The van der Waals surface area contributed by atoms with Gasteiger partial charge in [0, 0.05) is 0 Å². The highest BCUT2D eigenvalue weighted by Gasteiger charge is 1.85. The average Bonchev–Trinajstić information content (AvgIpc) is 1.12. The normalized spacial score (nSPS) is 9.67. The summed E-state index contributed by atoms with van der Waals surface area (Å²) in [7, 11) is -9.33. The van der Waals surface area contributed by atoms with Gasteiger partial charge in [-0.25, -0.2) is 0 Å². The van der Waals surface area contributed by atoms with E-state index in [0.29, 0.717) is 0 Å². The Morgan fingerprint density at radius 2 is 0.667 bits per heavy atom. The Labute approximate surface area is 84.4 Å². The van der Waals surface area contributed by atoms with Gasteiger partial charge in [-0.15, -0.1) is 0 Å². The molecule has 12 heteroatoms. The lowest BCUT2D eigenvalue weighted by atomic mass is 15.8. The molecule has 0 aliphatic rings. The minimum absolute atomic E-state index is 0. The molecule has 0 aliphatic carbocycles. The monoisotopic (exact) mass is 240 g/mol. The molecular weight excluding hydrogens is 232 g/mol. The van der Waals surface area contributed by atoms with Crippen molar-refractivity contribution >= 4 is 43.9 Å². The van der Waals surface area contributed by atoms with Crippen molar-refractivity contribution in [3.05, 3.63) is 0 Å². The van der Waals surface area contributed by atoms with Gasteiger partial charge in [-0.2, -0.15) is 16.8 Å². The van der Waals surface area contributed by atoms with Crippen LogP contribution in [-0.4, -0.2) is 63.6 Å². The fourth-order valence-corrected chi connectivity index (χ4v) is 0. The summed E-state index contributed by atoms with van der Waals surface area (Å²) in [5, 5.41) is 0. The van der Waals surface area contributed by atoms with Gasteiger partial charge in [0.05, 0.1) is 0 Å². The van der Waals surface area contributed by atoms with Crippen LogP contribution in [0.15, 0.2) is 0 Å². The predicted molar refractivity (Wildman–Crippen MR) is 40.5 cm³/mol. The molecule has 0 aromatic carbocycles. The lowest BCUT2D eigenvalue weighted by Gasteiger charge is -1.68. The van der Waals surface area contributed by atoms with E-state index >= 15 is 0 Å². The first-order chi connectivity index (χ1) is 4.00. The smallest absolute Gasteiger partial charge is 0.394 e. The van der Waals surface area contributed by atoms with Gasteiger partial charge in [0.1, 0.15) is 0 Å². The zero-order valence-corrected chi connectivity index (χ0v) is 6.37. The van der Waals surface area contributed by atoms with E-state index in [1.54, 1.807) is 0 Å². The molecular formula is H8MgO9S2. The van der Waals surface area contributed by atoms with Gasteiger partial charge in [0.2, 0.25) is 0 Å². The molecule has 0 bridgehead atoms. The van der Waals surface area contributed by atoms with Crippen LogP contribution in [0.25, 0.3) is 0 Å². The Hall–Kier alpha value is 0.466. The summed E-state index contributed by atoms with van der Waals surface area (Å²) in [6.45, 7) is 0. The first-order valence-corrected chi connectivity index (χ1v) is 4.19. The molecule has 0 atom stereocenters. The van der Waals surface area contributed by atoms with Crippen LogP contribution in [0.5, 0.6) is 0 Å². The second-order valence-electron chi connectivity index (χ2n) is 0.896. The van der Waals surface area contributed by atoms with Crippen molar-refractivity contribution in [2.75, 3.05) is 0 Å². The zero-order valence-electron chi connectivity index (χ0n) is 4.74. The van der Waals surface area contributed by atoms with E-state index in [4.69, 9.17) is 35.0 Å².